The Morgan fingerprint density at radius 3 is 2.67 bits per heavy atom. The van der Waals surface area contributed by atoms with Crippen LogP contribution in [-0.4, -0.2) is 24.2 Å². The number of nitrogens with two attached hydrogens (primary N) is 1. The van der Waals surface area contributed by atoms with Crippen LogP contribution in [0.15, 0.2) is 22.9 Å². The minimum atomic E-state index is -0.447. The Balaban J connectivity index is 2.41. The predicted octanol–water partition coefficient (Wildman–Crippen LogP) is 1.44. The monoisotopic (exact) mass is 249 g/mol. The molecule has 0 amide bonds. The number of ether oxygens (including phenoxy) is 2. The molecular formula is C12H15N3O3. The highest BCUT2D eigenvalue weighted by Crippen LogP contribution is 2.28. The smallest absolute Gasteiger partial charge is 0.240 e. The van der Waals surface area contributed by atoms with Crippen LogP contribution in [0.4, 0.5) is 0 Å². The van der Waals surface area contributed by atoms with Gasteiger partial charge in [0.05, 0.1) is 32.7 Å². The van der Waals surface area contributed by atoms with Crippen LogP contribution in [0.5, 0.6) is 11.8 Å². The highest BCUT2D eigenvalue weighted by molar-refractivity contribution is 5.34. The fourth-order valence-electron chi connectivity index (χ4n) is 1.69. The quantitative estimate of drug-likeness (QED) is 0.882. The van der Waals surface area contributed by atoms with E-state index in [0.29, 0.717) is 17.5 Å². The molecular weight excluding hydrogens is 234 g/mol. The molecule has 0 fully saturated rings. The van der Waals surface area contributed by atoms with Crippen molar-refractivity contribution in [3.05, 3.63) is 35.5 Å². The van der Waals surface area contributed by atoms with E-state index in [-0.39, 0.29) is 0 Å². The van der Waals surface area contributed by atoms with E-state index in [1.54, 1.807) is 6.26 Å². The van der Waals surface area contributed by atoms with E-state index in [4.69, 9.17) is 19.6 Å². The Kier molecular flexibility index (Phi) is 3.47. The maximum Gasteiger partial charge on any atom is 0.240 e. The van der Waals surface area contributed by atoms with Crippen LogP contribution in [0, 0.1) is 6.92 Å². The molecule has 0 saturated carbocycles. The number of hydrogen-bond donors (Lipinski definition) is 1. The third-order valence-electron chi connectivity index (χ3n) is 2.68. The molecule has 96 valence electrons. The number of methoxy groups -OCH3 is 2. The van der Waals surface area contributed by atoms with Gasteiger partial charge in [-0.15, -0.1) is 0 Å². The highest BCUT2D eigenvalue weighted by atomic mass is 16.5. The van der Waals surface area contributed by atoms with Crippen LogP contribution in [0.25, 0.3) is 0 Å². The second kappa shape index (κ2) is 5.05. The van der Waals surface area contributed by atoms with Gasteiger partial charge in [-0.05, 0) is 13.0 Å². The lowest BCUT2D eigenvalue weighted by atomic mass is 10.1. The van der Waals surface area contributed by atoms with Crippen LogP contribution >= 0.6 is 0 Å². The van der Waals surface area contributed by atoms with Crippen molar-refractivity contribution >= 4 is 0 Å². The van der Waals surface area contributed by atoms with Gasteiger partial charge >= 0.3 is 0 Å². The fourth-order valence-corrected chi connectivity index (χ4v) is 1.69. The molecule has 2 N–H and O–H groups in total. The summed E-state index contributed by atoms with van der Waals surface area (Å²) in [5.74, 6) is 1.48. The van der Waals surface area contributed by atoms with Crippen LogP contribution in [-0.2, 0) is 0 Å². The van der Waals surface area contributed by atoms with Gasteiger partial charge in [0.2, 0.25) is 11.8 Å². The van der Waals surface area contributed by atoms with Gasteiger partial charge in [-0.25, -0.2) is 4.98 Å². The molecule has 2 aromatic heterocycles. The zero-order valence-electron chi connectivity index (χ0n) is 10.5. The number of aryl methyl sites for hydroxylation is 1. The lowest BCUT2D eigenvalue weighted by Gasteiger charge is -2.13. The van der Waals surface area contributed by atoms with Crippen molar-refractivity contribution in [1.29, 1.82) is 0 Å². The van der Waals surface area contributed by atoms with Gasteiger partial charge in [0.25, 0.3) is 0 Å². The minimum absolute atomic E-state index is 0.349. The van der Waals surface area contributed by atoms with E-state index >= 15 is 0 Å². The van der Waals surface area contributed by atoms with Gasteiger partial charge in [0.1, 0.15) is 11.5 Å². The zero-order chi connectivity index (χ0) is 13.1. The van der Waals surface area contributed by atoms with Crippen molar-refractivity contribution in [2.24, 2.45) is 5.73 Å². The summed E-state index contributed by atoms with van der Waals surface area (Å²) in [5.41, 5.74) is 7.54. The third-order valence-corrected chi connectivity index (χ3v) is 2.68. The normalized spacial score (nSPS) is 12.2. The summed E-state index contributed by atoms with van der Waals surface area (Å²) < 4.78 is 15.4. The standard InChI is InChI=1S/C12H15N3O3/c1-7-8(4-5-18-7)10(13)11-12(17-3)15-9(16-2)6-14-11/h4-6,10H,13H2,1-3H3. The number of rotatable bonds is 4. The van der Waals surface area contributed by atoms with Crippen LogP contribution < -0.4 is 15.2 Å². The average molecular weight is 249 g/mol. The van der Waals surface area contributed by atoms with Gasteiger partial charge in [-0.2, -0.15) is 4.98 Å². The van der Waals surface area contributed by atoms with Crippen molar-refractivity contribution in [2.45, 2.75) is 13.0 Å². The summed E-state index contributed by atoms with van der Waals surface area (Å²) in [5, 5.41) is 0. The molecule has 0 aliphatic heterocycles. The molecule has 2 rings (SSSR count). The molecule has 6 heteroatoms. The number of furan rings is 1. The molecule has 0 bridgehead atoms. The Morgan fingerprint density at radius 2 is 2.11 bits per heavy atom. The zero-order valence-corrected chi connectivity index (χ0v) is 10.5. The first-order chi connectivity index (χ1) is 8.67. The molecule has 2 heterocycles. The third kappa shape index (κ3) is 2.14. The first kappa shape index (κ1) is 12.4. The minimum Gasteiger partial charge on any atom is -0.480 e. The largest absolute Gasteiger partial charge is 0.480 e. The van der Waals surface area contributed by atoms with Crippen LogP contribution in [0.3, 0.4) is 0 Å². The number of hydrogen-bond acceptors (Lipinski definition) is 6. The molecule has 0 radical (unpaired) electrons. The Hall–Kier alpha value is -2.08. The summed E-state index contributed by atoms with van der Waals surface area (Å²) >= 11 is 0. The molecule has 0 saturated heterocycles. The highest BCUT2D eigenvalue weighted by Gasteiger charge is 2.20. The summed E-state index contributed by atoms with van der Waals surface area (Å²) in [6, 6.07) is 1.36. The van der Waals surface area contributed by atoms with E-state index in [0.717, 1.165) is 11.3 Å². The Labute approximate surface area is 105 Å². The van der Waals surface area contributed by atoms with Gasteiger partial charge < -0.3 is 19.6 Å². The second-order valence-electron chi connectivity index (χ2n) is 3.72. The van der Waals surface area contributed by atoms with E-state index in [9.17, 15) is 0 Å². The first-order valence-electron chi connectivity index (χ1n) is 5.41. The van der Waals surface area contributed by atoms with Crippen molar-refractivity contribution in [2.75, 3.05) is 14.2 Å². The molecule has 2 aromatic rings. The topological polar surface area (TPSA) is 83.4 Å². The number of aromatic nitrogens is 2. The fraction of sp³-hybridized carbons (Fsp3) is 0.333. The predicted molar refractivity (Wildman–Crippen MR) is 64.6 cm³/mol. The summed E-state index contributed by atoms with van der Waals surface area (Å²) in [6.45, 7) is 1.85. The van der Waals surface area contributed by atoms with Crippen molar-refractivity contribution in [1.82, 2.24) is 9.97 Å². The summed E-state index contributed by atoms with van der Waals surface area (Å²) in [6.07, 6.45) is 3.10. The SMILES string of the molecule is COc1cnc(C(N)c2ccoc2C)c(OC)n1. The van der Waals surface area contributed by atoms with Crippen LogP contribution in [0.2, 0.25) is 0 Å². The lowest BCUT2D eigenvalue weighted by Crippen LogP contribution is -2.16. The average Bonchev–Trinajstić information content (AvgIpc) is 2.83. The molecule has 0 aromatic carbocycles. The van der Waals surface area contributed by atoms with E-state index in [1.807, 2.05) is 13.0 Å². The molecule has 1 atom stereocenters. The van der Waals surface area contributed by atoms with E-state index in [1.165, 1.54) is 20.4 Å². The number of nitrogens with zero attached hydrogens (tertiary/aromatic N) is 2. The van der Waals surface area contributed by atoms with E-state index in [2.05, 4.69) is 9.97 Å². The molecule has 0 spiro atoms. The summed E-state index contributed by atoms with van der Waals surface area (Å²) in [4.78, 5) is 8.39. The maximum atomic E-state index is 6.15. The Bertz CT molecular complexity index is 539. The molecule has 0 aliphatic carbocycles. The summed E-state index contributed by atoms with van der Waals surface area (Å²) in [7, 11) is 3.03. The lowest BCUT2D eigenvalue weighted by molar-refractivity contribution is 0.355. The van der Waals surface area contributed by atoms with Gasteiger partial charge in [0.15, 0.2) is 0 Å². The second-order valence-corrected chi connectivity index (χ2v) is 3.72. The van der Waals surface area contributed by atoms with Gasteiger partial charge in [-0.3, -0.25) is 0 Å². The Morgan fingerprint density at radius 1 is 1.33 bits per heavy atom. The first-order valence-corrected chi connectivity index (χ1v) is 5.41. The van der Waals surface area contributed by atoms with Crippen molar-refractivity contribution in [3.8, 4) is 11.8 Å². The van der Waals surface area contributed by atoms with E-state index < -0.39 is 6.04 Å². The molecule has 18 heavy (non-hydrogen) atoms. The molecule has 6 nitrogen and oxygen atoms in total. The van der Waals surface area contributed by atoms with Gasteiger partial charge in [0, 0.05) is 5.56 Å². The van der Waals surface area contributed by atoms with Crippen molar-refractivity contribution < 1.29 is 13.9 Å². The molecule has 0 aliphatic rings. The van der Waals surface area contributed by atoms with Crippen molar-refractivity contribution in [3.63, 3.8) is 0 Å². The molecule has 1 unspecified atom stereocenters. The van der Waals surface area contributed by atoms with Gasteiger partial charge in [-0.1, -0.05) is 0 Å². The maximum absolute atomic E-state index is 6.15. The van der Waals surface area contributed by atoms with Crippen LogP contribution in [0.1, 0.15) is 23.1 Å².